The highest BCUT2D eigenvalue weighted by Gasteiger charge is 2.21. The number of fused-ring (bicyclic) bond motifs is 6. The minimum absolute atomic E-state index is 0.899. The highest BCUT2D eigenvalue weighted by atomic mass is 16.3. The quantitative estimate of drug-likeness (QED) is 0.171. The number of hydrogen-bond acceptors (Lipinski definition) is 1. The largest absolute Gasteiger partial charge is 0.456 e. The van der Waals surface area contributed by atoms with E-state index in [0.717, 1.165) is 27.5 Å². The summed E-state index contributed by atoms with van der Waals surface area (Å²) >= 11 is 0. The van der Waals surface area contributed by atoms with E-state index in [1.165, 1.54) is 92.5 Å². The lowest BCUT2D eigenvalue weighted by Gasteiger charge is -2.17. The second-order valence-electron chi connectivity index (χ2n) is 14.4. The van der Waals surface area contributed by atoms with E-state index >= 15 is 0 Å². The molecule has 0 spiro atoms. The summed E-state index contributed by atoms with van der Waals surface area (Å²) in [6.07, 6.45) is 0. The fourth-order valence-electron chi connectivity index (χ4n) is 9.18. The van der Waals surface area contributed by atoms with Gasteiger partial charge in [0.1, 0.15) is 11.2 Å². The molecule has 0 N–H and O–H groups in total. The first-order valence-electron chi connectivity index (χ1n) is 18.3. The van der Waals surface area contributed by atoms with Crippen LogP contribution in [0.15, 0.2) is 186 Å². The zero-order chi connectivity index (χ0) is 34.6. The number of hydrogen-bond donors (Lipinski definition) is 0. The molecule has 11 aromatic carbocycles. The average molecular weight is 671 g/mol. The van der Waals surface area contributed by atoms with Crippen LogP contribution in [-0.4, -0.2) is 0 Å². The molecule has 12 rings (SSSR count). The molecule has 1 heteroatoms. The normalized spacial score (nSPS) is 12.2. The van der Waals surface area contributed by atoms with E-state index < -0.39 is 0 Å². The second kappa shape index (κ2) is 10.8. The first-order valence-corrected chi connectivity index (χ1v) is 18.3. The van der Waals surface area contributed by atoms with Crippen LogP contribution in [0.25, 0.3) is 120 Å². The van der Waals surface area contributed by atoms with Crippen molar-refractivity contribution < 1.29 is 4.42 Å². The smallest absolute Gasteiger partial charge is 0.136 e. The lowest BCUT2D eigenvalue weighted by Crippen LogP contribution is -1.90. The zero-order valence-electron chi connectivity index (χ0n) is 28.7. The molecule has 0 saturated heterocycles. The molecule has 244 valence electrons. The summed E-state index contributed by atoms with van der Waals surface area (Å²) < 4.78 is 6.86. The van der Waals surface area contributed by atoms with Gasteiger partial charge in [-0.05, 0) is 122 Å². The lowest BCUT2D eigenvalue weighted by atomic mass is 9.86. The average Bonchev–Trinajstić information content (AvgIpc) is 3.58. The maximum absolute atomic E-state index is 6.86. The van der Waals surface area contributed by atoms with Crippen LogP contribution in [0.5, 0.6) is 0 Å². The summed E-state index contributed by atoms with van der Waals surface area (Å²) in [5.41, 5.74) is 9.03. The van der Waals surface area contributed by atoms with Gasteiger partial charge in [-0.2, -0.15) is 0 Å². The maximum Gasteiger partial charge on any atom is 0.136 e. The van der Waals surface area contributed by atoms with Gasteiger partial charge >= 0.3 is 0 Å². The minimum Gasteiger partial charge on any atom is -0.456 e. The molecule has 53 heavy (non-hydrogen) atoms. The Kier molecular flexibility index (Phi) is 5.84. The molecule has 1 heterocycles. The standard InChI is InChI=1S/C52H30O/c1-2-11-36-29-48-47(27-35(36)10-1)52-46(44-23-21-34-20-19-32-13-7-14-33-22-24-45(44)51(34)50(32)33)28-37(30-49(52)53-48)39-25-26-43(42-17-6-5-16-40(39)42)41-18-8-12-31-9-3-4-15-38(31)41/h1-30H. The molecule has 0 aliphatic carbocycles. The molecular formula is C52H30O. The van der Waals surface area contributed by atoms with E-state index in [9.17, 15) is 0 Å². The van der Waals surface area contributed by atoms with Crippen LogP contribution in [0.2, 0.25) is 0 Å². The van der Waals surface area contributed by atoms with E-state index in [2.05, 4.69) is 182 Å². The van der Waals surface area contributed by atoms with Gasteiger partial charge in [-0.25, -0.2) is 0 Å². The van der Waals surface area contributed by atoms with Gasteiger partial charge in [0.2, 0.25) is 0 Å². The summed E-state index contributed by atoms with van der Waals surface area (Å²) in [5.74, 6) is 0. The van der Waals surface area contributed by atoms with Crippen molar-refractivity contribution in [3.63, 3.8) is 0 Å². The summed E-state index contributed by atoms with van der Waals surface area (Å²) in [7, 11) is 0. The molecule has 0 fully saturated rings. The summed E-state index contributed by atoms with van der Waals surface area (Å²) in [6.45, 7) is 0. The summed E-state index contributed by atoms with van der Waals surface area (Å²) in [4.78, 5) is 0. The van der Waals surface area contributed by atoms with Crippen molar-refractivity contribution >= 4 is 86.6 Å². The predicted molar refractivity (Wildman–Crippen MR) is 226 cm³/mol. The topological polar surface area (TPSA) is 13.1 Å². The van der Waals surface area contributed by atoms with E-state index in [4.69, 9.17) is 4.42 Å². The van der Waals surface area contributed by atoms with E-state index in [1.54, 1.807) is 0 Å². The third-order valence-electron chi connectivity index (χ3n) is 11.6. The van der Waals surface area contributed by atoms with Crippen molar-refractivity contribution in [1.29, 1.82) is 0 Å². The van der Waals surface area contributed by atoms with Crippen LogP contribution < -0.4 is 0 Å². The van der Waals surface area contributed by atoms with E-state index in [-0.39, 0.29) is 0 Å². The molecule has 0 aliphatic heterocycles. The Morgan fingerprint density at radius 3 is 1.62 bits per heavy atom. The van der Waals surface area contributed by atoms with E-state index in [0.29, 0.717) is 0 Å². The van der Waals surface area contributed by atoms with Crippen LogP contribution in [0.1, 0.15) is 0 Å². The Labute approximate surface area is 305 Å². The molecule has 0 atom stereocenters. The first-order chi connectivity index (χ1) is 26.3. The van der Waals surface area contributed by atoms with Gasteiger partial charge in [0, 0.05) is 10.8 Å². The molecule has 0 unspecified atom stereocenters. The molecule has 0 aliphatic rings. The number of furan rings is 1. The lowest BCUT2D eigenvalue weighted by molar-refractivity contribution is 0.669. The van der Waals surface area contributed by atoms with Gasteiger partial charge in [0.05, 0.1) is 0 Å². The Morgan fingerprint density at radius 2 is 0.792 bits per heavy atom. The van der Waals surface area contributed by atoms with Crippen LogP contribution in [-0.2, 0) is 0 Å². The SMILES string of the molecule is c1ccc2cc3c(cc2c1)oc1cc(-c2ccc(-c4cccc5ccccc45)c4ccccc24)cc(-c2ccc4ccc5cccc6ccc2c4c56)c13. The predicted octanol–water partition coefficient (Wildman–Crippen LogP) is 14.9. The third kappa shape index (κ3) is 4.14. The highest BCUT2D eigenvalue weighted by molar-refractivity contribution is 6.27. The molecule has 1 aromatic heterocycles. The molecule has 0 bridgehead atoms. The second-order valence-corrected chi connectivity index (χ2v) is 14.4. The van der Waals surface area contributed by atoms with Crippen molar-refractivity contribution in [2.75, 3.05) is 0 Å². The summed E-state index contributed by atoms with van der Waals surface area (Å²) in [6, 6.07) is 66.9. The van der Waals surface area contributed by atoms with Gasteiger partial charge in [0.25, 0.3) is 0 Å². The van der Waals surface area contributed by atoms with Crippen LogP contribution in [0.3, 0.4) is 0 Å². The molecule has 0 amide bonds. The van der Waals surface area contributed by atoms with Crippen molar-refractivity contribution in [1.82, 2.24) is 0 Å². The fraction of sp³-hybridized carbons (Fsp3) is 0. The van der Waals surface area contributed by atoms with Gasteiger partial charge in [0.15, 0.2) is 0 Å². The van der Waals surface area contributed by atoms with Crippen LogP contribution in [0, 0.1) is 0 Å². The van der Waals surface area contributed by atoms with E-state index in [1.807, 2.05) is 0 Å². The third-order valence-corrected chi connectivity index (χ3v) is 11.6. The first kappa shape index (κ1) is 28.7. The monoisotopic (exact) mass is 670 g/mol. The van der Waals surface area contributed by atoms with Crippen molar-refractivity contribution in [3.8, 4) is 33.4 Å². The van der Waals surface area contributed by atoms with Gasteiger partial charge in [-0.15, -0.1) is 0 Å². The minimum atomic E-state index is 0.899. The Morgan fingerprint density at radius 1 is 0.245 bits per heavy atom. The van der Waals surface area contributed by atoms with Gasteiger partial charge < -0.3 is 4.42 Å². The van der Waals surface area contributed by atoms with Crippen LogP contribution >= 0.6 is 0 Å². The Hall–Kier alpha value is -6.96. The van der Waals surface area contributed by atoms with Gasteiger partial charge in [-0.3, -0.25) is 0 Å². The Bertz CT molecular complexity index is 3430. The highest BCUT2D eigenvalue weighted by Crippen LogP contribution is 2.47. The molecular weight excluding hydrogens is 641 g/mol. The number of rotatable bonds is 3. The zero-order valence-corrected chi connectivity index (χ0v) is 28.7. The summed E-state index contributed by atoms with van der Waals surface area (Å²) in [5, 5.41) is 17.4. The molecule has 0 saturated carbocycles. The number of benzene rings is 11. The Balaban J connectivity index is 1.18. The van der Waals surface area contributed by atoms with Crippen molar-refractivity contribution in [3.05, 3.63) is 182 Å². The molecule has 1 nitrogen and oxygen atoms in total. The van der Waals surface area contributed by atoms with Crippen LogP contribution in [0.4, 0.5) is 0 Å². The van der Waals surface area contributed by atoms with Crippen molar-refractivity contribution in [2.24, 2.45) is 0 Å². The maximum atomic E-state index is 6.86. The van der Waals surface area contributed by atoms with Gasteiger partial charge in [-0.1, -0.05) is 158 Å². The molecule has 0 radical (unpaired) electrons. The van der Waals surface area contributed by atoms with Crippen molar-refractivity contribution in [2.45, 2.75) is 0 Å². The fourth-order valence-corrected chi connectivity index (χ4v) is 9.18. The molecule has 12 aromatic rings.